The van der Waals surface area contributed by atoms with Crippen molar-refractivity contribution < 1.29 is 4.79 Å². The predicted octanol–water partition coefficient (Wildman–Crippen LogP) is 0.0791. The Hall–Kier alpha value is -1.14. The Labute approximate surface area is 92.3 Å². The van der Waals surface area contributed by atoms with E-state index in [0.29, 0.717) is 10.0 Å². The molecular formula is C9H14N4OS. The van der Waals surface area contributed by atoms with Crippen LogP contribution < -0.4 is 11.1 Å². The normalized spacial score (nSPS) is 16.7. The third-order valence-electron chi connectivity index (χ3n) is 2.41. The van der Waals surface area contributed by atoms with Crippen LogP contribution in [0.1, 0.15) is 15.4 Å². The van der Waals surface area contributed by atoms with Gasteiger partial charge in [-0.25, -0.2) is 4.98 Å². The van der Waals surface area contributed by atoms with E-state index in [0.717, 1.165) is 31.9 Å². The molecule has 3 N–H and O–H groups in total. The van der Waals surface area contributed by atoms with Gasteiger partial charge in [-0.05, 0) is 6.92 Å². The summed E-state index contributed by atoms with van der Waals surface area (Å²) in [7, 11) is 0. The summed E-state index contributed by atoms with van der Waals surface area (Å²) in [4.78, 5) is 18.6. The maximum Gasteiger partial charge on any atom is 0.266 e. The number of carbonyl (C=O) groups is 1. The van der Waals surface area contributed by atoms with E-state index < -0.39 is 0 Å². The number of piperazine rings is 1. The van der Waals surface area contributed by atoms with Gasteiger partial charge in [-0.15, -0.1) is 0 Å². The molecule has 1 aromatic heterocycles. The number of rotatable bonds is 1. The van der Waals surface area contributed by atoms with Crippen molar-refractivity contribution in [1.29, 1.82) is 0 Å². The van der Waals surface area contributed by atoms with E-state index >= 15 is 0 Å². The van der Waals surface area contributed by atoms with Gasteiger partial charge in [-0.1, -0.05) is 11.3 Å². The fourth-order valence-electron chi connectivity index (χ4n) is 1.63. The number of hydrogen-bond acceptors (Lipinski definition) is 5. The number of nitrogens with zero attached hydrogens (tertiary/aromatic N) is 2. The smallest absolute Gasteiger partial charge is 0.266 e. The number of anilines is 1. The molecule has 82 valence electrons. The van der Waals surface area contributed by atoms with Crippen molar-refractivity contribution in [2.24, 2.45) is 0 Å². The van der Waals surface area contributed by atoms with Crippen LogP contribution in [0.4, 0.5) is 5.13 Å². The first kappa shape index (κ1) is 10.4. The third kappa shape index (κ3) is 2.10. The van der Waals surface area contributed by atoms with E-state index in [2.05, 4.69) is 10.3 Å². The van der Waals surface area contributed by atoms with Gasteiger partial charge >= 0.3 is 0 Å². The van der Waals surface area contributed by atoms with E-state index in [9.17, 15) is 4.79 Å². The first-order valence-electron chi connectivity index (χ1n) is 4.91. The SMILES string of the molecule is Cc1nc(N)sc1C(=O)N1CCNCC1. The number of carbonyl (C=O) groups excluding carboxylic acids is 1. The van der Waals surface area contributed by atoms with Crippen LogP contribution in [0.5, 0.6) is 0 Å². The zero-order valence-corrected chi connectivity index (χ0v) is 9.43. The van der Waals surface area contributed by atoms with Crippen molar-refractivity contribution in [3.63, 3.8) is 0 Å². The van der Waals surface area contributed by atoms with E-state index in [1.165, 1.54) is 11.3 Å². The first-order chi connectivity index (χ1) is 7.18. The Morgan fingerprint density at radius 3 is 2.73 bits per heavy atom. The molecule has 2 heterocycles. The largest absolute Gasteiger partial charge is 0.375 e. The molecule has 1 saturated heterocycles. The van der Waals surface area contributed by atoms with Crippen molar-refractivity contribution in [2.75, 3.05) is 31.9 Å². The fraction of sp³-hybridized carbons (Fsp3) is 0.556. The number of thiazole rings is 1. The molecule has 0 bridgehead atoms. The van der Waals surface area contributed by atoms with E-state index in [4.69, 9.17) is 5.73 Å². The molecule has 0 spiro atoms. The van der Waals surface area contributed by atoms with Crippen molar-refractivity contribution in [3.05, 3.63) is 10.6 Å². The molecule has 1 fully saturated rings. The quantitative estimate of drug-likeness (QED) is 0.711. The molecule has 0 atom stereocenters. The highest BCUT2D eigenvalue weighted by molar-refractivity contribution is 7.17. The van der Waals surface area contributed by atoms with Gasteiger partial charge in [0.1, 0.15) is 4.88 Å². The van der Waals surface area contributed by atoms with Crippen molar-refractivity contribution in [1.82, 2.24) is 15.2 Å². The van der Waals surface area contributed by atoms with Gasteiger partial charge in [0.05, 0.1) is 5.69 Å². The maximum absolute atomic E-state index is 12.0. The summed E-state index contributed by atoms with van der Waals surface area (Å²) in [6.45, 7) is 5.06. The Morgan fingerprint density at radius 1 is 1.53 bits per heavy atom. The maximum atomic E-state index is 12.0. The number of aromatic nitrogens is 1. The van der Waals surface area contributed by atoms with Crippen molar-refractivity contribution in [2.45, 2.75) is 6.92 Å². The van der Waals surface area contributed by atoms with E-state index in [1.54, 1.807) is 0 Å². The molecule has 0 saturated carbocycles. The second-order valence-electron chi connectivity index (χ2n) is 3.51. The van der Waals surface area contributed by atoms with Crippen LogP contribution in [-0.2, 0) is 0 Å². The second kappa shape index (κ2) is 4.16. The average molecular weight is 226 g/mol. The standard InChI is InChI=1S/C9H14N4OS/c1-6-7(15-9(10)12-6)8(14)13-4-2-11-3-5-13/h11H,2-5H2,1H3,(H2,10,12). The number of hydrogen-bond donors (Lipinski definition) is 2. The summed E-state index contributed by atoms with van der Waals surface area (Å²) in [5.41, 5.74) is 6.31. The van der Waals surface area contributed by atoms with Gasteiger partial charge in [-0.3, -0.25) is 4.79 Å². The summed E-state index contributed by atoms with van der Waals surface area (Å²) < 4.78 is 0. The van der Waals surface area contributed by atoms with E-state index in [1.807, 2.05) is 11.8 Å². The van der Waals surface area contributed by atoms with Crippen molar-refractivity contribution in [3.8, 4) is 0 Å². The molecule has 0 aliphatic carbocycles. The molecule has 0 radical (unpaired) electrons. The fourth-order valence-corrected chi connectivity index (χ4v) is 2.43. The summed E-state index contributed by atoms with van der Waals surface area (Å²) in [6, 6.07) is 0. The monoisotopic (exact) mass is 226 g/mol. The Bertz CT molecular complexity index is 370. The number of amides is 1. The third-order valence-corrected chi connectivity index (χ3v) is 3.39. The highest BCUT2D eigenvalue weighted by Crippen LogP contribution is 2.21. The summed E-state index contributed by atoms with van der Waals surface area (Å²) in [6.07, 6.45) is 0. The Balaban J connectivity index is 2.16. The molecule has 0 aromatic carbocycles. The minimum Gasteiger partial charge on any atom is -0.375 e. The van der Waals surface area contributed by atoms with Crippen LogP contribution in [-0.4, -0.2) is 42.0 Å². The lowest BCUT2D eigenvalue weighted by atomic mass is 10.3. The predicted molar refractivity (Wildman–Crippen MR) is 60.0 cm³/mol. The number of nitrogens with one attached hydrogen (secondary N) is 1. The molecule has 5 nitrogen and oxygen atoms in total. The summed E-state index contributed by atoms with van der Waals surface area (Å²) >= 11 is 1.27. The number of nitrogen functional groups attached to an aromatic ring is 1. The van der Waals surface area contributed by atoms with Crippen LogP contribution in [0.3, 0.4) is 0 Å². The number of nitrogens with two attached hydrogens (primary N) is 1. The highest BCUT2D eigenvalue weighted by Gasteiger charge is 2.21. The molecule has 1 aromatic rings. The Morgan fingerprint density at radius 2 is 2.20 bits per heavy atom. The molecule has 1 aliphatic heterocycles. The minimum atomic E-state index is 0.0585. The van der Waals surface area contributed by atoms with Gasteiger partial charge < -0.3 is 16.0 Å². The zero-order chi connectivity index (χ0) is 10.8. The summed E-state index contributed by atoms with van der Waals surface area (Å²) in [5.74, 6) is 0.0585. The lowest BCUT2D eigenvalue weighted by Crippen LogP contribution is -2.46. The lowest BCUT2D eigenvalue weighted by Gasteiger charge is -2.26. The van der Waals surface area contributed by atoms with E-state index in [-0.39, 0.29) is 5.91 Å². The van der Waals surface area contributed by atoms with Gasteiger partial charge in [0, 0.05) is 26.2 Å². The van der Waals surface area contributed by atoms with Crippen molar-refractivity contribution >= 4 is 22.4 Å². The van der Waals surface area contributed by atoms with Crippen LogP contribution in [0.15, 0.2) is 0 Å². The van der Waals surface area contributed by atoms with Gasteiger partial charge in [0.25, 0.3) is 5.91 Å². The molecule has 6 heteroatoms. The molecule has 1 amide bonds. The first-order valence-corrected chi connectivity index (χ1v) is 5.73. The van der Waals surface area contributed by atoms with Crippen LogP contribution in [0.25, 0.3) is 0 Å². The second-order valence-corrected chi connectivity index (χ2v) is 4.54. The lowest BCUT2D eigenvalue weighted by molar-refractivity contribution is 0.0740. The van der Waals surface area contributed by atoms with Gasteiger partial charge in [-0.2, -0.15) is 0 Å². The van der Waals surface area contributed by atoms with Crippen LogP contribution in [0.2, 0.25) is 0 Å². The number of aryl methyl sites for hydroxylation is 1. The van der Waals surface area contributed by atoms with Crippen LogP contribution >= 0.6 is 11.3 Å². The molecule has 0 unspecified atom stereocenters. The molecule has 2 rings (SSSR count). The molecular weight excluding hydrogens is 212 g/mol. The summed E-state index contributed by atoms with van der Waals surface area (Å²) in [5, 5.41) is 3.67. The highest BCUT2D eigenvalue weighted by atomic mass is 32.1. The topological polar surface area (TPSA) is 71.2 Å². The van der Waals surface area contributed by atoms with Gasteiger partial charge in [0.15, 0.2) is 5.13 Å². The molecule has 15 heavy (non-hydrogen) atoms. The zero-order valence-electron chi connectivity index (χ0n) is 8.62. The average Bonchev–Trinajstić information content (AvgIpc) is 2.58. The Kier molecular flexibility index (Phi) is 2.88. The molecule has 1 aliphatic rings. The van der Waals surface area contributed by atoms with Gasteiger partial charge in [0.2, 0.25) is 0 Å². The minimum absolute atomic E-state index is 0.0585. The van der Waals surface area contributed by atoms with Crippen LogP contribution in [0, 0.1) is 6.92 Å².